The molecule has 2 aromatic rings. The van der Waals surface area contributed by atoms with Crippen molar-refractivity contribution in [2.24, 2.45) is 16.5 Å². The normalized spacial score (nSPS) is 10.1. The third kappa shape index (κ3) is 6.78. The van der Waals surface area contributed by atoms with Crippen LogP contribution in [0.2, 0.25) is 0 Å². The number of hydrogen-bond donors (Lipinski definition) is 4. The highest BCUT2D eigenvalue weighted by molar-refractivity contribution is 5.78. The number of hydrogen-bond acceptors (Lipinski definition) is 4. The second-order valence-corrected chi connectivity index (χ2v) is 6.00. The van der Waals surface area contributed by atoms with E-state index in [1.165, 1.54) is 0 Å². The molecule has 0 saturated carbocycles. The lowest BCUT2D eigenvalue weighted by molar-refractivity contribution is -0.122. The van der Waals surface area contributed by atoms with Crippen LogP contribution in [-0.4, -0.2) is 28.1 Å². The van der Waals surface area contributed by atoms with Gasteiger partial charge in [0.05, 0.1) is 0 Å². The van der Waals surface area contributed by atoms with Gasteiger partial charge in [0.2, 0.25) is 0 Å². The maximum Gasteiger partial charge on any atom is 0.290 e. The summed E-state index contributed by atoms with van der Waals surface area (Å²) < 4.78 is 0. The maximum absolute atomic E-state index is 8.36. The Bertz CT molecular complexity index is 687. The molecule has 1 heterocycles. The Morgan fingerprint density at radius 3 is 2.38 bits per heavy atom. The molecule has 0 radical (unpaired) electrons. The molecule has 0 aliphatic carbocycles. The maximum atomic E-state index is 8.36. The van der Waals surface area contributed by atoms with E-state index in [0.717, 1.165) is 16.8 Å². The third-order valence-electron chi connectivity index (χ3n) is 2.71. The van der Waals surface area contributed by atoms with E-state index in [-0.39, 0.29) is 18.0 Å². The Hall–Kier alpha value is -3.09. The minimum absolute atomic E-state index is 0.00613. The first kappa shape index (κ1) is 19.0. The molecule has 0 fully saturated rings. The molecule has 0 atom stereocenters. The van der Waals surface area contributed by atoms with Gasteiger partial charge in [0.15, 0.2) is 11.8 Å². The zero-order valence-electron chi connectivity index (χ0n) is 14.0. The summed E-state index contributed by atoms with van der Waals surface area (Å²) in [6.07, 6.45) is 1.76. The van der Waals surface area contributed by atoms with Gasteiger partial charge in [0.25, 0.3) is 6.47 Å². The molecule has 6 N–H and O–H groups in total. The number of nitrogens with two attached hydrogens (primary N) is 2. The first-order valence-corrected chi connectivity index (χ1v) is 7.27. The fraction of sp³-hybridized carbons (Fsp3) is 0.235. The Morgan fingerprint density at radius 2 is 1.88 bits per heavy atom. The van der Waals surface area contributed by atoms with Crippen LogP contribution in [0.1, 0.15) is 20.8 Å². The van der Waals surface area contributed by atoms with Crippen LogP contribution in [0.4, 0.5) is 11.5 Å². The number of guanidine groups is 1. The fourth-order valence-electron chi connectivity index (χ4n) is 1.96. The van der Waals surface area contributed by atoms with Crippen molar-refractivity contribution >= 4 is 23.9 Å². The summed E-state index contributed by atoms with van der Waals surface area (Å²) >= 11 is 0. The van der Waals surface area contributed by atoms with Gasteiger partial charge in [-0.15, -0.1) is 0 Å². The van der Waals surface area contributed by atoms with Crippen LogP contribution in [0.5, 0.6) is 0 Å². The predicted molar refractivity (Wildman–Crippen MR) is 97.2 cm³/mol. The lowest BCUT2D eigenvalue weighted by Gasteiger charge is -2.22. The number of aliphatic imine (C=N–C) groups is 1. The predicted octanol–water partition coefficient (Wildman–Crippen LogP) is 2.56. The van der Waals surface area contributed by atoms with E-state index in [9.17, 15) is 0 Å². The minimum Gasteiger partial charge on any atom is -0.483 e. The van der Waals surface area contributed by atoms with E-state index in [0.29, 0.717) is 5.82 Å². The number of benzene rings is 1. The standard InChI is InChI=1S/C16H21N5.CH2O2/c1-16(2,3)21-13-6-4-5-11(9-13)12-7-8-14(19-10-12)20-15(17)18;2-1-3/h4-10,21H,1-3H3,(H4,17,18,19,20);1H,(H,2,3). The van der Waals surface area contributed by atoms with Gasteiger partial charge in [0.1, 0.15) is 0 Å². The molecule has 0 spiro atoms. The highest BCUT2D eigenvalue weighted by Crippen LogP contribution is 2.24. The number of aromatic nitrogens is 1. The zero-order chi connectivity index (χ0) is 18.2. The Kier molecular flexibility index (Phi) is 6.73. The average molecular weight is 329 g/mol. The first-order chi connectivity index (χ1) is 11.2. The molecule has 0 saturated heterocycles. The Balaban J connectivity index is 0.000000891. The summed E-state index contributed by atoms with van der Waals surface area (Å²) in [5.41, 5.74) is 13.9. The van der Waals surface area contributed by atoms with Gasteiger partial charge in [-0.1, -0.05) is 12.1 Å². The van der Waals surface area contributed by atoms with Gasteiger partial charge >= 0.3 is 0 Å². The summed E-state index contributed by atoms with van der Waals surface area (Å²) in [6.45, 7) is 6.14. The average Bonchev–Trinajstić information content (AvgIpc) is 2.47. The number of nitrogens with one attached hydrogen (secondary N) is 1. The molecule has 1 aromatic carbocycles. The molecular formula is C17H23N5O2. The first-order valence-electron chi connectivity index (χ1n) is 7.27. The minimum atomic E-state index is -0.250. The number of nitrogens with zero attached hydrogens (tertiary/aromatic N) is 2. The summed E-state index contributed by atoms with van der Waals surface area (Å²) in [4.78, 5) is 16.5. The van der Waals surface area contributed by atoms with Crippen molar-refractivity contribution in [3.8, 4) is 11.1 Å². The van der Waals surface area contributed by atoms with E-state index < -0.39 is 0 Å². The number of carboxylic acid groups (broad SMARTS) is 1. The van der Waals surface area contributed by atoms with Crippen LogP contribution in [0, 0.1) is 0 Å². The molecule has 2 rings (SSSR count). The van der Waals surface area contributed by atoms with Crippen LogP contribution < -0.4 is 16.8 Å². The van der Waals surface area contributed by atoms with Gasteiger partial charge in [-0.2, -0.15) is 4.99 Å². The van der Waals surface area contributed by atoms with Gasteiger partial charge in [-0.25, -0.2) is 4.98 Å². The van der Waals surface area contributed by atoms with E-state index in [1.807, 2.05) is 18.2 Å². The molecule has 0 aliphatic heterocycles. The second-order valence-electron chi connectivity index (χ2n) is 6.00. The number of pyridine rings is 1. The van der Waals surface area contributed by atoms with Crippen LogP contribution in [0.3, 0.4) is 0 Å². The fourth-order valence-corrected chi connectivity index (χ4v) is 1.96. The van der Waals surface area contributed by atoms with E-state index in [4.69, 9.17) is 21.4 Å². The van der Waals surface area contributed by atoms with E-state index >= 15 is 0 Å². The molecule has 0 bridgehead atoms. The summed E-state index contributed by atoms with van der Waals surface area (Å²) in [5.74, 6) is 0.509. The van der Waals surface area contributed by atoms with Crippen molar-refractivity contribution in [3.05, 3.63) is 42.6 Å². The summed E-state index contributed by atoms with van der Waals surface area (Å²) in [5, 5.41) is 10.3. The SMILES string of the molecule is CC(C)(C)Nc1cccc(-c2ccc(N=C(N)N)nc2)c1.O=CO. The molecule has 0 unspecified atom stereocenters. The second kappa shape index (κ2) is 8.52. The van der Waals surface area contributed by atoms with Crippen molar-refractivity contribution in [2.75, 3.05) is 5.32 Å². The topological polar surface area (TPSA) is 127 Å². The van der Waals surface area contributed by atoms with E-state index in [2.05, 4.69) is 48.2 Å². The number of carbonyl (C=O) groups is 1. The number of anilines is 1. The smallest absolute Gasteiger partial charge is 0.290 e. The Labute approximate surface area is 141 Å². The monoisotopic (exact) mass is 329 g/mol. The van der Waals surface area contributed by atoms with E-state index in [1.54, 1.807) is 12.3 Å². The molecular weight excluding hydrogens is 306 g/mol. The highest BCUT2D eigenvalue weighted by atomic mass is 16.3. The highest BCUT2D eigenvalue weighted by Gasteiger charge is 2.09. The lowest BCUT2D eigenvalue weighted by atomic mass is 10.0. The van der Waals surface area contributed by atoms with Crippen LogP contribution in [0.15, 0.2) is 47.6 Å². The van der Waals surface area contributed by atoms with Crippen molar-refractivity contribution in [1.29, 1.82) is 0 Å². The van der Waals surface area contributed by atoms with Crippen LogP contribution >= 0.6 is 0 Å². The third-order valence-corrected chi connectivity index (χ3v) is 2.71. The Morgan fingerprint density at radius 1 is 1.21 bits per heavy atom. The van der Waals surface area contributed by atoms with Crippen LogP contribution in [0.25, 0.3) is 11.1 Å². The van der Waals surface area contributed by atoms with Gasteiger partial charge in [-0.3, -0.25) is 4.79 Å². The van der Waals surface area contributed by atoms with Crippen LogP contribution in [-0.2, 0) is 4.79 Å². The van der Waals surface area contributed by atoms with Crippen molar-refractivity contribution in [1.82, 2.24) is 4.98 Å². The molecule has 0 amide bonds. The van der Waals surface area contributed by atoms with Crippen molar-refractivity contribution in [2.45, 2.75) is 26.3 Å². The van der Waals surface area contributed by atoms with Gasteiger partial charge in [-0.05, 0) is 50.6 Å². The summed E-state index contributed by atoms with van der Waals surface area (Å²) in [6, 6.07) is 12.0. The zero-order valence-corrected chi connectivity index (χ0v) is 14.0. The molecule has 0 aliphatic rings. The van der Waals surface area contributed by atoms with Gasteiger partial charge < -0.3 is 21.9 Å². The molecule has 1 aromatic heterocycles. The van der Waals surface area contributed by atoms with Crippen molar-refractivity contribution in [3.63, 3.8) is 0 Å². The number of rotatable bonds is 3. The summed E-state index contributed by atoms with van der Waals surface area (Å²) in [7, 11) is 0. The van der Waals surface area contributed by atoms with Crippen molar-refractivity contribution < 1.29 is 9.90 Å². The molecule has 7 heteroatoms. The molecule has 7 nitrogen and oxygen atoms in total. The largest absolute Gasteiger partial charge is 0.483 e. The van der Waals surface area contributed by atoms with Gasteiger partial charge in [0, 0.05) is 23.0 Å². The quantitative estimate of drug-likeness (QED) is 0.389. The lowest BCUT2D eigenvalue weighted by Crippen LogP contribution is -2.25. The molecule has 128 valence electrons. The molecule has 24 heavy (non-hydrogen) atoms.